The van der Waals surface area contributed by atoms with Crippen molar-refractivity contribution >= 4 is 0 Å². The molecular formula is C17H37NO2. The summed E-state index contributed by atoms with van der Waals surface area (Å²) in [5.74, 6) is 0. The first-order chi connectivity index (χ1) is 9.68. The highest BCUT2D eigenvalue weighted by atomic mass is 16.3. The number of hydrogen-bond donors (Lipinski definition) is 3. The van der Waals surface area contributed by atoms with Crippen LogP contribution in [0.4, 0.5) is 0 Å². The second-order valence-corrected chi connectivity index (χ2v) is 6.04. The van der Waals surface area contributed by atoms with Crippen LogP contribution in [0.1, 0.15) is 90.4 Å². The lowest BCUT2D eigenvalue weighted by Crippen LogP contribution is -2.43. The summed E-state index contributed by atoms with van der Waals surface area (Å²) in [5.41, 5.74) is -0.867. The molecule has 0 aliphatic carbocycles. The standard InChI is InChI=1S/C17H37NO2/c1-3-4-5-6-7-8-9-10-11-12-13-14-17(20,18-2)15-16-19/h18-20H,3-16H2,1-2H3. The average Bonchev–Trinajstić information content (AvgIpc) is 2.45. The van der Waals surface area contributed by atoms with Gasteiger partial charge in [0.2, 0.25) is 0 Å². The van der Waals surface area contributed by atoms with Crippen molar-refractivity contribution in [2.24, 2.45) is 0 Å². The third kappa shape index (κ3) is 11.7. The summed E-state index contributed by atoms with van der Waals surface area (Å²) in [6.07, 6.45) is 15.6. The molecule has 0 aromatic heterocycles. The zero-order valence-electron chi connectivity index (χ0n) is 13.8. The number of nitrogens with one attached hydrogen (secondary N) is 1. The summed E-state index contributed by atoms with van der Waals surface area (Å²) in [7, 11) is 1.76. The molecule has 3 heteroatoms. The van der Waals surface area contributed by atoms with Gasteiger partial charge in [-0.05, 0) is 19.9 Å². The molecule has 0 aliphatic heterocycles. The topological polar surface area (TPSA) is 52.5 Å². The van der Waals surface area contributed by atoms with Crippen LogP contribution in [0.3, 0.4) is 0 Å². The molecule has 0 radical (unpaired) electrons. The van der Waals surface area contributed by atoms with Crippen molar-refractivity contribution in [1.82, 2.24) is 5.32 Å². The Bertz CT molecular complexity index is 199. The molecule has 20 heavy (non-hydrogen) atoms. The quantitative estimate of drug-likeness (QED) is 0.315. The van der Waals surface area contributed by atoms with E-state index in [2.05, 4.69) is 12.2 Å². The van der Waals surface area contributed by atoms with E-state index in [1.165, 1.54) is 64.2 Å². The molecule has 122 valence electrons. The molecule has 0 amide bonds. The third-order valence-electron chi connectivity index (χ3n) is 4.18. The minimum Gasteiger partial charge on any atom is -0.396 e. The van der Waals surface area contributed by atoms with Gasteiger partial charge in [-0.1, -0.05) is 71.1 Å². The molecule has 0 saturated heterocycles. The van der Waals surface area contributed by atoms with Crippen LogP contribution in [-0.2, 0) is 0 Å². The van der Waals surface area contributed by atoms with Crippen LogP contribution >= 0.6 is 0 Å². The maximum Gasteiger partial charge on any atom is 0.117 e. The summed E-state index contributed by atoms with van der Waals surface area (Å²) < 4.78 is 0. The predicted molar refractivity (Wildman–Crippen MR) is 86.8 cm³/mol. The van der Waals surface area contributed by atoms with Crippen molar-refractivity contribution in [2.75, 3.05) is 13.7 Å². The number of aliphatic hydroxyl groups excluding tert-OH is 1. The molecule has 3 nitrogen and oxygen atoms in total. The molecule has 0 aromatic rings. The van der Waals surface area contributed by atoms with Gasteiger partial charge in [-0.15, -0.1) is 0 Å². The van der Waals surface area contributed by atoms with Gasteiger partial charge in [0.25, 0.3) is 0 Å². The highest BCUT2D eigenvalue weighted by Gasteiger charge is 2.22. The Morgan fingerprint density at radius 3 is 1.60 bits per heavy atom. The third-order valence-corrected chi connectivity index (χ3v) is 4.18. The molecule has 1 unspecified atom stereocenters. The van der Waals surface area contributed by atoms with Crippen LogP contribution < -0.4 is 5.32 Å². The Morgan fingerprint density at radius 1 is 0.750 bits per heavy atom. The molecule has 0 fully saturated rings. The Labute approximate surface area is 126 Å². The summed E-state index contributed by atoms with van der Waals surface area (Å²) >= 11 is 0. The van der Waals surface area contributed by atoms with Crippen LogP contribution in [0.5, 0.6) is 0 Å². The molecule has 0 heterocycles. The van der Waals surface area contributed by atoms with E-state index in [9.17, 15) is 5.11 Å². The molecular weight excluding hydrogens is 250 g/mol. The summed E-state index contributed by atoms with van der Waals surface area (Å²) in [6, 6.07) is 0. The van der Waals surface area contributed by atoms with E-state index in [1.807, 2.05) is 0 Å². The lowest BCUT2D eigenvalue weighted by atomic mass is 10.00. The second-order valence-electron chi connectivity index (χ2n) is 6.04. The van der Waals surface area contributed by atoms with Crippen molar-refractivity contribution < 1.29 is 10.2 Å². The van der Waals surface area contributed by atoms with E-state index >= 15 is 0 Å². The molecule has 0 spiro atoms. The largest absolute Gasteiger partial charge is 0.396 e. The molecule has 0 saturated carbocycles. The van der Waals surface area contributed by atoms with Gasteiger partial charge in [-0.2, -0.15) is 0 Å². The van der Waals surface area contributed by atoms with Crippen LogP contribution in [0.15, 0.2) is 0 Å². The van der Waals surface area contributed by atoms with Crippen LogP contribution in [0.2, 0.25) is 0 Å². The van der Waals surface area contributed by atoms with Gasteiger partial charge in [0.1, 0.15) is 5.72 Å². The SMILES string of the molecule is CCCCCCCCCCCCCC(O)(CCO)NC. The Morgan fingerprint density at radius 2 is 1.20 bits per heavy atom. The Kier molecular flexibility index (Phi) is 13.8. The lowest BCUT2D eigenvalue weighted by molar-refractivity contribution is -0.0187. The Balaban J connectivity index is 3.27. The molecule has 1 atom stereocenters. The lowest BCUT2D eigenvalue weighted by Gasteiger charge is -2.26. The van der Waals surface area contributed by atoms with Gasteiger partial charge < -0.3 is 10.2 Å². The summed E-state index contributed by atoms with van der Waals surface area (Å²) in [4.78, 5) is 0. The maximum atomic E-state index is 10.1. The summed E-state index contributed by atoms with van der Waals surface area (Å²) in [5, 5.41) is 21.9. The highest BCUT2D eigenvalue weighted by molar-refractivity contribution is 4.73. The average molecular weight is 287 g/mol. The number of aliphatic hydroxyl groups is 2. The van der Waals surface area contributed by atoms with Gasteiger partial charge in [-0.25, -0.2) is 0 Å². The number of rotatable bonds is 15. The van der Waals surface area contributed by atoms with Crippen LogP contribution in [0.25, 0.3) is 0 Å². The fourth-order valence-corrected chi connectivity index (χ4v) is 2.64. The maximum absolute atomic E-state index is 10.1. The van der Waals surface area contributed by atoms with Gasteiger partial charge in [0.15, 0.2) is 0 Å². The fourth-order valence-electron chi connectivity index (χ4n) is 2.64. The fraction of sp³-hybridized carbons (Fsp3) is 1.00. The van der Waals surface area contributed by atoms with Gasteiger partial charge >= 0.3 is 0 Å². The van der Waals surface area contributed by atoms with Gasteiger partial charge in [-0.3, -0.25) is 5.32 Å². The van der Waals surface area contributed by atoms with E-state index in [1.54, 1.807) is 7.05 Å². The smallest absolute Gasteiger partial charge is 0.117 e. The molecule has 0 bridgehead atoms. The van der Waals surface area contributed by atoms with E-state index in [-0.39, 0.29) is 6.61 Å². The predicted octanol–water partition coefficient (Wildman–Crippen LogP) is 3.98. The normalized spacial score (nSPS) is 14.4. The van der Waals surface area contributed by atoms with E-state index in [0.29, 0.717) is 6.42 Å². The monoisotopic (exact) mass is 287 g/mol. The molecule has 0 aromatic carbocycles. The Hall–Kier alpha value is -0.120. The van der Waals surface area contributed by atoms with E-state index in [4.69, 9.17) is 5.11 Å². The van der Waals surface area contributed by atoms with Crippen molar-refractivity contribution in [3.8, 4) is 0 Å². The minimum atomic E-state index is -0.867. The van der Waals surface area contributed by atoms with Crippen molar-refractivity contribution in [3.63, 3.8) is 0 Å². The molecule has 0 aliphatic rings. The van der Waals surface area contributed by atoms with Crippen LogP contribution in [0, 0.1) is 0 Å². The first-order valence-corrected chi connectivity index (χ1v) is 8.70. The van der Waals surface area contributed by atoms with Crippen molar-refractivity contribution in [1.29, 1.82) is 0 Å². The number of unbranched alkanes of at least 4 members (excludes halogenated alkanes) is 10. The zero-order chi connectivity index (χ0) is 15.1. The first-order valence-electron chi connectivity index (χ1n) is 8.70. The molecule has 0 rings (SSSR count). The summed E-state index contributed by atoms with van der Waals surface area (Å²) in [6.45, 7) is 2.30. The molecule has 3 N–H and O–H groups in total. The zero-order valence-corrected chi connectivity index (χ0v) is 13.8. The van der Waals surface area contributed by atoms with E-state index in [0.717, 1.165) is 12.8 Å². The number of hydrogen-bond acceptors (Lipinski definition) is 3. The second kappa shape index (κ2) is 13.8. The van der Waals surface area contributed by atoms with Crippen molar-refractivity contribution in [3.05, 3.63) is 0 Å². The van der Waals surface area contributed by atoms with Crippen LogP contribution in [-0.4, -0.2) is 29.6 Å². The minimum absolute atomic E-state index is 0.0371. The van der Waals surface area contributed by atoms with Gasteiger partial charge in [0, 0.05) is 13.0 Å². The van der Waals surface area contributed by atoms with E-state index < -0.39 is 5.72 Å². The van der Waals surface area contributed by atoms with Crippen molar-refractivity contribution in [2.45, 2.75) is 96.1 Å². The van der Waals surface area contributed by atoms with Gasteiger partial charge in [0.05, 0.1) is 0 Å². The first kappa shape index (κ1) is 19.9. The highest BCUT2D eigenvalue weighted by Crippen LogP contribution is 2.17.